The zero-order chi connectivity index (χ0) is 15.0. The maximum absolute atomic E-state index is 13.0. The van der Waals surface area contributed by atoms with Crippen LogP contribution in [0.4, 0.5) is 27.6 Å². The van der Waals surface area contributed by atoms with Crippen LogP contribution in [-0.4, -0.2) is 22.1 Å². The summed E-state index contributed by atoms with van der Waals surface area (Å²) in [5.74, 6) is -6.12. The van der Waals surface area contributed by atoms with E-state index in [1.807, 2.05) is 0 Å². The van der Waals surface area contributed by atoms with Gasteiger partial charge in [0.25, 0.3) is 0 Å². The van der Waals surface area contributed by atoms with E-state index in [4.69, 9.17) is 10.8 Å². The van der Waals surface area contributed by atoms with Crippen molar-refractivity contribution in [2.75, 3.05) is 0 Å². The van der Waals surface area contributed by atoms with Crippen molar-refractivity contribution in [2.45, 2.75) is 18.1 Å². The van der Waals surface area contributed by atoms with E-state index in [2.05, 4.69) is 0 Å². The lowest BCUT2D eigenvalue weighted by Crippen LogP contribution is -2.45. The van der Waals surface area contributed by atoms with Gasteiger partial charge in [0.05, 0.1) is 4.92 Å². The molecule has 1 aromatic rings. The van der Waals surface area contributed by atoms with Crippen LogP contribution >= 0.6 is 0 Å². The van der Waals surface area contributed by atoms with Crippen LogP contribution in [0.25, 0.3) is 0 Å². The minimum Gasteiger partial charge on any atom is -0.502 e. The van der Waals surface area contributed by atoms with Gasteiger partial charge < -0.3 is 10.8 Å². The lowest BCUT2D eigenvalue weighted by molar-refractivity contribution is -0.386. The second kappa shape index (κ2) is 4.61. The molecule has 1 rings (SSSR count). The number of nitrogens with two attached hydrogens (primary N) is 1. The molecule has 0 aliphatic heterocycles. The van der Waals surface area contributed by atoms with Gasteiger partial charge in [0.1, 0.15) is 6.04 Å². The number of hydrogen-bond acceptors (Lipinski definition) is 4. The van der Waals surface area contributed by atoms with E-state index in [9.17, 15) is 32.1 Å². The van der Waals surface area contributed by atoms with Crippen molar-refractivity contribution >= 4 is 5.69 Å². The molecule has 0 amide bonds. The van der Waals surface area contributed by atoms with Gasteiger partial charge in [-0.25, -0.2) is 0 Å². The van der Waals surface area contributed by atoms with Gasteiger partial charge in [-0.05, 0) is 11.6 Å². The standard InChI is InChI=1S/C9H7F5N2O3/c10-8(11,9(12,13)14)7(15)4-1-2-6(17)5(3-4)16(18)19/h1-3,7,17H,15H2/t7-/m1/s1. The highest BCUT2D eigenvalue weighted by atomic mass is 19.4. The highest BCUT2D eigenvalue weighted by Gasteiger charge is 2.61. The lowest BCUT2D eigenvalue weighted by Gasteiger charge is -2.25. The smallest absolute Gasteiger partial charge is 0.455 e. The van der Waals surface area contributed by atoms with E-state index < -0.39 is 40.1 Å². The van der Waals surface area contributed by atoms with E-state index in [1.165, 1.54) is 0 Å². The summed E-state index contributed by atoms with van der Waals surface area (Å²) < 4.78 is 62.2. The largest absolute Gasteiger partial charge is 0.502 e. The quantitative estimate of drug-likeness (QED) is 0.507. The van der Waals surface area contributed by atoms with Crippen LogP contribution in [0.1, 0.15) is 11.6 Å². The van der Waals surface area contributed by atoms with Crippen molar-refractivity contribution in [1.29, 1.82) is 0 Å². The second-order valence-corrected chi connectivity index (χ2v) is 3.60. The molecule has 0 aliphatic rings. The first-order valence-electron chi connectivity index (χ1n) is 4.66. The van der Waals surface area contributed by atoms with Crippen LogP contribution in [0, 0.1) is 10.1 Å². The first kappa shape index (κ1) is 15.1. The fourth-order valence-electron chi connectivity index (χ4n) is 1.27. The minimum atomic E-state index is -5.89. The van der Waals surface area contributed by atoms with Crippen molar-refractivity contribution in [3.05, 3.63) is 33.9 Å². The van der Waals surface area contributed by atoms with E-state index in [1.54, 1.807) is 0 Å². The molecule has 0 fully saturated rings. The molecule has 1 atom stereocenters. The van der Waals surface area contributed by atoms with Gasteiger partial charge >= 0.3 is 17.8 Å². The van der Waals surface area contributed by atoms with Gasteiger partial charge in [0.2, 0.25) is 0 Å². The average molecular weight is 286 g/mol. The zero-order valence-corrected chi connectivity index (χ0v) is 8.99. The van der Waals surface area contributed by atoms with Crippen molar-refractivity contribution in [3.63, 3.8) is 0 Å². The molecule has 0 saturated carbocycles. The molecule has 0 bridgehead atoms. The maximum atomic E-state index is 13.0. The summed E-state index contributed by atoms with van der Waals surface area (Å²) in [4.78, 5) is 9.31. The van der Waals surface area contributed by atoms with Gasteiger partial charge in [-0.2, -0.15) is 22.0 Å². The van der Waals surface area contributed by atoms with E-state index in [0.29, 0.717) is 18.2 Å². The Bertz CT molecular complexity index is 503. The number of hydrogen-bond donors (Lipinski definition) is 2. The van der Waals surface area contributed by atoms with E-state index in [0.717, 1.165) is 0 Å². The summed E-state index contributed by atoms with van der Waals surface area (Å²) in [6.07, 6.45) is -5.89. The summed E-state index contributed by atoms with van der Waals surface area (Å²) in [6, 6.07) is -1.15. The molecular weight excluding hydrogens is 279 g/mol. The van der Waals surface area contributed by atoms with Crippen LogP contribution < -0.4 is 5.73 Å². The predicted molar refractivity (Wildman–Crippen MR) is 52.7 cm³/mol. The molecule has 5 nitrogen and oxygen atoms in total. The summed E-state index contributed by atoms with van der Waals surface area (Å²) in [5.41, 5.74) is 2.98. The molecule has 3 N–H and O–H groups in total. The Labute approximate surface area is 102 Å². The number of nitro benzene ring substituents is 1. The predicted octanol–water partition coefficient (Wildman–Crippen LogP) is 2.50. The van der Waals surface area contributed by atoms with Crippen molar-refractivity contribution in [1.82, 2.24) is 0 Å². The Morgan fingerprint density at radius 2 is 1.79 bits per heavy atom. The minimum absolute atomic E-state index is 0.375. The third-order valence-electron chi connectivity index (χ3n) is 2.32. The molecule has 0 radical (unpaired) electrons. The second-order valence-electron chi connectivity index (χ2n) is 3.60. The van der Waals surface area contributed by atoms with Gasteiger partial charge in [-0.15, -0.1) is 0 Å². The Morgan fingerprint density at radius 3 is 2.21 bits per heavy atom. The van der Waals surface area contributed by atoms with Crippen LogP contribution in [0.3, 0.4) is 0 Å². The normalized spacial score (nSPS) is 14.2. The lowest BCUT2D eigenvalue weighted by atomic mass is 10.00. The number of halogens is 5. The van der Waals surface area contributed by atoms with Crippen molar-refractivity contribution in [3.8, 4) is 5.75 Å². The number of benzene rings is 1. The van der Waals surface area contributed by atoms with Crippen molar-refractivity contribution < 1.29 is 32.0 Å². The summed E-state index contributed by atoms with van der Waals surface area (Å²) in [7, 11) is 0. The number of rotatable bonds is 3. The van der Waals surface area contributed by atoms with E-state index in [-0.39, 0.29) is 0 Å². The monoisotopic (exact) mass is 286 g/mol. The number of phenolic OH excluding ortho intramolecular Hbond substituents is 1. The first-order valence-corrected chi connectivity index (χ1v) is 4.66. The molecule has 106 valence electrons. The van der Waals surface area contributed by atoms with E-state index >= 15 is 0 Å². The van der Waals surface area contributed by atoms with Crippen LogP contribution in [0.5, 0.6) is 5.75 Å². The summed E-state index contributed by atoms with van der Waals surface area (Å²) >= 11 is 0. The molecule has 10 heteroatoms. The number of phenols is 1. The molecule has 0 heterocycles. The van der Waals surface area contributed by atoms with Gasteiger partial charge in [-0.1, -0.05) is 6.07 Å². The highest BCUT2D eigenvalue weighted by molar-refractivity contribution is 5.48. The SMILES string of the molecule is N[C@H](c1ccc(O)c([N+](=O)[O-])c1)C(F)(F)C(F)(F)F. The first-order chi connectivity index (χ1) is 8.48. The van der Waals surface area contributed by atoms with Crippen LogP contribution in [-0.2, 0) is 0 Å². The molecule has 0 unspecified atom stereocenters. The van der Waals surface area contributed by atoms with Crippen molar-refractivity contribution in [2.24, 2.45) is 5.73 Å². The van der Waals surface area contributed by atoms with Crippen LogP contribution in [0.15, 0.2) is 18.2 Å². The summed E-state index contributed by atoms with van der Waals surface area (Å²) in [5, 5.41) is 19.5. The Kier molecular flexibility index (Phi) is 3.66. The number of alkyl halides is 5. The molecular formula is C9H7F5N2O3. The average Bonchev–Trinajstić information content (AvgIpc) is 2.26. The number of nitrogens with zero attached hydrogens (tertiary/aromatic N) is 1. The highest BCUT2D eigenvalue weighted by Crippen LogP contribution is 2.44. The Hall–Kier alpha value is -1.97. The molecule has 0 aromatic heterocycles. The molecule has 0 saturated heterocycles. The maximum Gasteiger partial charge on any atom is 0.455 e. The Balaban J connectivity index is 3.25. The van der Waals surface area contributed by atoms with Gasteiger partial charge in [-0.3, -0.25) is 10.1 Å². The van der Waals surface area contributed by atoms with Crippen LogP contribution in [0.2, 0.25) is 0 Å². The third kappa shape index (κ3) is 2.72. The molecule has 0 aliphatic carbocycles. The number of aromatic hydroxyl groups is 1. The van der Waals surface area contributed by atoms with Gasteiger partial charge in [0.15, 0.2) is 5.75 Å². The van der Waals surface area contributed by atoms with Gasteiger partial charge in [0, 0.05) is 6.07 Å². The molecule has 1 aromatic carbocycles. The Morgan fingerprint density at radius 1 is 1.26 bits per heavy atom. The fourth-order valence-corrected chi connectivity index (χ4v) is 1.27. The molecule has 19 heavy (non-hydrogen) atoms. The third-order valence-corrected chi connectivity index (χ3v) is 2.32. The summed E-state index contributed by atoms with van der Waals surface area (Å²) in [6.45, 7) is 0. The molecule has 0 spiro atoms. The topological polar surface area (TPSA) is 89.4 Å². The fraction of sp³-hybridized carbons (Fsp3) is 0.333. The zero-order valence-electron chi connectivity index (χ0n) is 8.99. The number of nitro groups is 1.